The summed E-state index contributed by atoms with van der Waals surface area (Å²) in [6.07, 6.45) is 26.0. The summed E-state index contributed by atoms with van der Waals surface area (Å²) in [6.45, 7) is 4.31. The van der Waals surface area contributed by atoms with Gasteiger partial charge in [0, 0.05) is 19.8 Å². The van der Waals surface area contributed by atoms with Gasteiger partial charge in [-0.3, -0.25) is 0 Å². The average molecular weight is 357 g/mol. The Morgan fingerprint density at radius 1 is 0.440 bits per heavy atom. The van der Waals surface area contributed by atoms with Gasteiger partial charge in [-0.1, -0.05) is 110 Å². The molecule has 0 aromatic carbocycles. The third kappa shape index (κ3) is 23.9. The molecular formula is C23H48O2. The predicted octanol–water partition coefficient (Wildman–Crippen LogP) is 7.43. The molecule has 1 N–H and O–H groups in total. The Kier molecular flexibility index (Phi) is 23.8. The van der Waals surface area contributed by atoms with Crippen LogP contribution in [-0.4, -0.2) is 24.9 Å². The summed E-state index contributed by atoms with van der Waals surface area (Å²) >= 11 is 0. The molecule has 0 unspecified atom stereocenters. The van der Waals surface area contributed by atoms with Crippen LogP contribution in [0.5, 0.6) is 0 Å². The molecule has 0 bridgehead atoms. The fourth-order valence-electron chi connectivity index (χ4n) is 3.35. The lowest BCUT2D eigenvalue weighted by Gasteiger charge is -2.04. The number of ether oxygens (including phenoxy) is 1. The van der Waals surface area contributed by atoms with Crippen LogP contribution >= 0.6 is 0 Å². The molecule has 0 amide bonds. The lowest BCUT2D eigenvalue weighted by Crippen LogP contribution is -1.98. The van der Waals surface area contributed by atoms with Crippen LogP contribution in [0.1, 0.15) is 129 Å². The lowest BCUT2D eigenvalue weighted by molar-refractivity contribution is 0.121. The molecule has 25 heavy (non-hydrogen) atoms. The normalized spacial score (nSPS) is 11.3. The van der Waals surface area contributed by atoms with Crippen molar-refractivity contribution in [1.82, 2.24) is 0 Å². The maximum absolute atomic E-state index is 8.67. The fourth-order valence-corrected chi connectivity index (χ4v) is 3.35. The van der Waals surface area contributed by atoms with Crippen LogP contribution in [0.2, 0.25) is 0 Å². The minimum atomic E-state index is 0.294. The second kappa shape index (κ2) is 23.9. The Morgan fingerprint density at radius 2 is 0.760 bits per heavy atom. The van der Waals surface area contributed by atoms with Gasteiger partial charge in [-0.25, -0.2) is 0 Å². The molecule has 0 spiro atoms. The van der Waals surface area contributed by atoms with Crippen molar-refractivity contribution in [2.75, 3.05) is 19.8 Å². The van der Waals surface area contributed by atoms with Crippen molar-refractivity contribution >= 4 is 0 Å². The molecule has 0 fully saturated rings. The first-order chi connectivity index (χ1) is 12.4. The van der Waals surface area contributed by atoms with E-state index in [1.807, 2.05) is 0 Å². The third-order valence-corrected chi connectivity index (χ3v) is 5.09. The summed E-state index contributed by atoms with van der Waals surface area (Å²) in [4.78, 5) is 0. The molecule has 152 valence electrons. The lowest BCUT2D eigenvalue weighted by atomic mass is 10.0. The van der Waals surface area contributed by atoms with Crippen molar-refractivity contribution in [3.63, 3.8) is 0 Å². The first kappa shape index (κ1) is 24.9. The molecule has 0 aromatic rings. The smallest absolute Gasteiger partial charge is 0.0466 e. The SMILES string of the molecule is CCCCCCCCCCCCCCCCCCCOCCCCO. The molecule has 0 atom stereocenters. The molecule has 0 aliphatic carbocycles. The molecule has 0 rings (SSSR count). The number of rotatable bonds is 22. The van der Waals surface area contributed by atoms with Crippen LogP contribution in [0, 0.1) is 0 Å². The minimum absolute atomic E-state index is 0.294. The van der Waals surface area contributed by atoms with Crippen molar-refractivity contribution in [2.24, 2.45) is 0 Å². The quantitative estimate of drug-likeness (QED) is 0.204. The largest absolute Gasteiger partial charge is 0.396 e. The van der Waals surface area contributed by atoms with Gasteiger partial charge in [0.25, 0.3) is 0 Å². The molecular weight excluding hydrogens is 308 g/mol. The standard InChI is InChI=1S/C23H48O2/c1-2-3-4-5-6-7-8-9-10-11-12-13-14-15-16-17-19-22-25-23-20-18-21-24/h24H,2-23H2,1H3. The van der Waals surface area contributed by atoms with Gasteiger partial charge in [0.05, 0.1) is 0 Å². The number of aliphatic hydroxyl groups is 1. The summed E-state index contributed by atoms with van der Waals surface area (Å²) in [5.41, 5.74) is 0. The monoisotopic (exact) mass is 356 g/mol. The fraction of sp³-hybridized carbons (Fsp3) is 1.00. The highest BCUT2D eigenvalue weighted by molar-refractivity contribution is 4.50. The Bertz CT molecular complexity index is 196. The highest BCUT2D eigenvalue weighted by Gasteiger charge is 1.95. The molecule has 0 saturated heterocycles. The average Bonchev–Trinajstić information content (AvgIpc) is 2.63. The summed E-state index contributed by atoms with van der Waals surface area (Å²) in [5.74, 6) is 0. The first-order valence-corrected chi connectivity index (χ1v) is 11.6. The Hall–Kier alpha value is -0.0800. The number of aliphatic hydroxyl groups excluding tert-OH is 1. The minimum Gasteiger partial charge on any atom is -0.396 e. The zero-order valence-corrected chi connectivity index (χ0v) is 17.4. The molecule has 0 radical (unpaired) electrons. The molecule has 0 aliphatic heterocycles. The van der Waals surface area contributed by atoms with Crippen LogP contribution in [0.3, 0.4) is 0 Å². The molecule has 0 aromatic heterocycles. The van der Waals surface area contributed by atoms with Crippen molar-refractivity contribution in [3.8, 4) is 0 Å². The van der Waals surface area contributed by atoms with E-state index in [9.17, 15) is 0 Å². The second-order valence-electron chi connectivity index (χ2n) is 7.70. The first-order valence-electron chi connectivity index (χ1n) is 11.6. The zero-order valence-electron chi connectivity index (χ0n) is 17.4. The van der Waals surface area contributed by atoms with Gasteiger partial charge < -0.3 is 9.84 Å². The van der Waals surface area contributed by atoms with Gasteiger partial charge in [0.1, 0.15) is 0 Å². The number of hydrogen-bond donors (Lipinski definition) is 1. The van der Waals surface area contributed by atoms with Crippen LogP contribution < -0.4 is 0 Å². The van der Waals surface area contributed by atoms with E-state index in [2.05, 4.69) is 6.92 Å². The molecule has 0 heterocycles. The molecule has 0 saturated carbocycles. The van der Waals surface area contributed by atoms with Crippen LogP contribution in [-0.2, 0) is 4.74 Å². The summed E-state index contributed by atoms with van der Waals surface area (Å²) in [5, 5.41) is 8.67. The van der Waals surface area contributed by atoms with E-state index >= 15 is 0 Å². The van der Waals surface area contributed by atoms with Gasteiger partial charge in [0.15, 0.2) is 0 Å². The third-order valence-electron chi connectivity index (χ3n) is 5.09. The summed E-state index contributed by atoms with van der Waals surface area (Å²) in [7, 11) is 0. The van der Waals surface area contributed by atoms with Crippen molar-refractivity contribution in [1.29, 1.82) is 0 Å². The summed E-state index contributed by atoms with van der Waals surface area (Å²) < 4.78 is 5.55. The maximum Gasteiger partial charge on any atom is 0.0466 e. The van der Waals surface area contributed by atoms with E-state index in [0.717, 1.165) is 26.1 Å². The van der Waals surface area contributed by atoms with E-state index in [-0.39, 0.29) is 0 Å². The van der Waals surface area contributed by atoms with E-state index in [1.54, 1.807) is 0 Å². The molecule has 0 aliphatic rings. The van der Waals surface area contributed by atoms with Gasteiger partial charge in [-0.15, -0.1) is 0 Å². The van der Waals surface area contributed by atoms with E-state index in [0.29, 0.717) is 6.61 Å². The van der Waals surface area contributed by atoms with Gasteiger partial charge in [-0.05, 0) is 19.3 Å². The zero-order chi connectivity index (χ0) is 18.3. The van der Waals surface area contributed by atoms with Crippen LogP contribution in [0.25, 0.3) is 0 Å². The van der Waals surface area contributed by atoms with Gasteiger partial charge >= 0.3 is 0 Å². The van der Waals surface area contributed by atoms with Gasteiger partial charge in [0.2, 0.25) is 0 Å². The van der Waals surface area contributed by atoms with E-state index < -0.39 is 0 Å². The van der Waals surface area contributed by atoms with Crippen LogP contribution in [0.15, 0.2) is 0 Å². The van der Waals surface area contributed by atoms with Gasteiger partial charge in [-0.2, -0.15) is 0 Å². The number of hydrogen-bond acceptors (Lipinski definition) is 2. The Balaban J connectivity index is 2.94. The highest BCUT2D eigenvalue weighted by atomic mass is 16.5. The van der Waals surface area contributed by atoms with Crippen molar-refractivity contribution < 1.29 is 9.84 Å². The second-order valence-corrected chi connectivity index (χ2v) is 7.70. The maximum atomic E-state index is 8.67. The Morgan fingerprint density at radius 3 is 1.12 bits per heavy atom. The molecule has 2 heteroatoms. The van der Waals surface area contributed by atoms with Crippen LogP contribution in [0.4, 0.5) is 0 Å². The van der Waals surface area contributed by atoms with Crippen molar-refractivity contribution in [3.05, 3.63) is 0 Å². The van der Waals surface area contributed by atoms with E-state index in [4.69, 9.17) is 9.84 Å². The molecule has 2 nitrogen and oxygen atoms in total. The van der Waals surface area contributed by atoms with E-state index in [1.165, 1.54) is 109 Å². The Labute approximate surface area is 159 Å². The van der Waals surface area contributed by atoms with Crippen molar-refractivity contribution in [2.45, 2.75) is 129 Å². The summed E-state index contributed by atoms with van der Waals surface area (Å²) in [6, 6.07) is 0. The topological polar surface area (TPSA) is 29.5 Å². The highest BCUT2D eigenvalue weighted by Crippen LogP contribution is 2.14. The predicted molar refractivity (Wildman–Crippen MR) is 111 cm³/mol. The number of unbranched alkanes of at least 4 members (excludes halogenated alkanes) is 17.